The van der Waals surface area contributed by atoms with Crippen molar-refractivity contribution in [3.05, 3.63) is 40.5 Å². The molecule has 3 heterocycles. The second-order valence-electron chi connectivity index (χ2n) is 4.20. The summed E-state index contributed by atoms with van der Waals surface area (Å²) < 4.78 is 1.64. The Morgan fingerprint density at radius 1 is 1.50 bits per heavy atom. The van der Waals surface area contributed by atoms with Crippen LogP contribution in [-0.4, -0.2) is 24.7 Å². The summed E-state index contributed by atoms with van der Waals surface area (Å²) in [7, 11) is 0. The highest BCUT2D eigenvalue weighted by molar-refractivity contribution is 5.52. The summed E-state index contributed by atoms with van der Waals surface area (Å²) in [5.74, 6) is 0.956. The van der Waals surface area contributed by atoms with Crippen molar-refractivity contribution in [3.8, 4) is 11.4 Å². The molecular weight excluding hydrogens is 234 g/mol. The highest BCUT2D eigenvalue weighted by Crippen LogP contribution is 2.27. The molecule has 0 saturated heterocycles. The third-order valence-electron chi connectivity index (χ3n) is 3.02. The van der Waals surface area contributed by atoms with Crippen LogP contribution in [0.2, 0.25) is 0 Å². The fraction of sp³-hybridized carbons (Fsp3) is 0.364. The maximum absolute atomic E-state index is 11.0. The van der Waals surface area contributed by atoms with Crippen molar-refractivity contribution in [2.75, 3.05) is 0 Å². The standard InChI is InChI=1S/C11H11N5O2/c17-16(18)9-4-2-6-15-11(9)13-10(14-15)8-3-1-5-12-7-8/h1,3,5,7,9H,2,4,6H2. The molecule has 1 aliphatic heterocycles. The van der Waals surface area contributed by atoms with E-state index >= 15 is 0 Å². The van der Waals surface area contributed by atoms with Gasteiger partial charge in [0, 0.05) is 35.8 Å². The van der Waals surface area contributed by atoms with Gasteiger partial charge < -0.3 is 0 Å². The average molecular weight is 245 g/mol. The lowest BCUT2D eigenvalue weighted by molar-refractivity contribution is -0.533. The zero-order valence-electron chi connectivity index (χ0n) is 9.56. The van der Waals surface area contributed by atoms with Crippen molar-refractivity contribution in [2.45, 2.75) is 25.4 Å². The minimum absolute atomic E-state index is 0.285. The SMILES string of the molecule is O=[N+]([O-])C1CCCn2nc(-c3cccnc3)nc21. The third-order valence-corrected chi connectivity index (χ3v) is 3.02. The van der Waals surface area contributed by atoms with E-state index in [1.54, 1.807) is 23.1 Å². The second kappa shape index (κ2) is 4.17. The molecule has 0 saturated carbocycles. The van der Waals surface area contributed by atoms with Crippen LogP contribution in [0.5, 0.6) is 0 Å². The van der Waals surface area contributed by atoms with Crippen molar-refractivity contribution < 1.29 is 4.92 Å². The highest BCUT2D eigenvalue weighted by atomic mass is 16.6. The predicted octanol–water partition coefficient (Wildman–Crippen LogP) is 1.45. The first-order valence-electron chi connectivity index (χ1n) is 5.74. The lowest BCUT2D eigenvalue weighted by atomic mass is 10.1. The maximum Gasteiger partial charge on any atom is 0.271 e. The Hall–Kier alpha value is -2.31. The molecule has 0 N–H and O–H groups in total. The molecule has 2 aromatic heterocycles. The number of aryl methyl sites for hydroxylation is 1. The number of rotatable bonds is 2. The van der Waals surface area contributed by atoms with Gasteiger partial charge in [-0.15, -0.1) is 0 Å². The molecule has 0 aromatic carbocycles. The molecule has 2 aromatic rings. The number of pyridine rings is 1. The Morgan fingerprint density at radius 3 is 3.11 bits per heavy atom. The molecule has 1 atom stereocenters. The summed E-state index contributed by atoms with van der Waals surface area (Å²) in [6, 6.07) is 2.90. The molecule has 0 bridgehead atoms. The largest absolute Gasteiger partial charge is 0.271 e. The molecule has 7 heteroatoms. The Kier molecular flexibility index (Phi) is 2.51. The monoisotopic (exact) mass is 245 g/mol. The first kappa shape index (κ1) is 10.8. The van der Waals surface area contributed by atoms with Crippen LogP contribution in [0.3, 0.4) is 0 Å². The Morgan fingerprint density at radius 2 is 2.39 bits per heavy atom. The smallest absolute Gasteiger partial charge is 0.264 e. The van der Waals surface area contributed by atoms with E-state index in [0.717, 1.165) is 12.0 Å². The highest BCUT2D eigenvalue weighted by Gasteiger charge is 2.33. The van der Waals surface area contributed by atoms with Gasteiger partial charge in [0.2, 0.25) is 5.82 Å². The Bertz CT molecular complexity index is 580. The van der Waals surface area contributed by atoms with Crippen molar-refractivity contribution in [1.82, 2.24) is 19.7 Å². The molecule has 0 aliphatic carbocycles. The van der Waals surface area contributed by atoms with E-state index < -0.39 is 6.04 Å². The molecule has 1 aliphatic rings. The van der Waals surface area contributed by atoms with Crippen LogP contribution < -0.4 is 0 Å². The fourth-order valence-electron chi connectivity index (χ4n) is 2.15. The summed E-state index contributed by atoms with van der Waals surface area (Å²) >= 11 is 0. The number of hydrogen-bond donors (Lipinski definition) is 0. The van der Waals surface area contributed by atoms with Gasteiger partial charge in [0.25, 0.3) is 6.04 Å². The second-order valence-corrected chi connectivity index (χ2v) is 4.20. The van der Waals surface area contributed by atoms with Gasteiger partial charge >= 0.3 is 0 Å². The van der Waals surface area contributed by atoms with Crippen LogP contribution in [0.15, 0.2) is 24.5 Å². The quantitative estimate of drug-likeness (QED) is 0.590. The zero-order valence-corrected chi connectivity index (χ0v) is 9.56. The van der Waals surface area contributed by atoms with Gasteiger partial charge in [0.05, 0.1) is 0 Å². The molecule has 7 nitrogen and oxygen atoms in total. The van der Waals surface area contributed by atoms with Crippen molar-refractivity contribution in [3.63, 3.8) is 0 Å². The first-order chi connectivity index (χ1) is 8.75. The summed E-state index contributed by atoms with van der Waals surface area (Å²) in [4.78, 5) is 19.0. The molecular formula is C11H11N5O2. The average Bonchev–Trinajstić information content (AvgIpc) is 2.83. The maximum atomic E-state index is 11.0. The number of aromatic nitrogens is 4. The molecule has 0 fully saturated rings. The number of hydrogen-bond acceptors (Lipinski definition) is 5. The predicted molar refractivity (Wildman–Crippen MR) is 62.2 cm³/mol. The minimum Gasteiger partial charge on any atom is -0.264 e. The van der Waals surface area contributed by atoms with E-state index in [4.69, 9.17) is 0 Å². The lowest BCUT2D eigenvalue weighted by Crippen LogP contribution is -2.22. The summed E-state index contributed by atoms with van der Waals surface area (Å²) in [6.07, 6.45) is 4.61. The van der Waals surface area contributed by atoms with Crippen LogP contribution in [0, 0.1) is 10.1 Å². The van der Waals surface area contributed by atoms with E-state index in [-0.39, 0.29) is 4.92 Å². The molecule has 92 valence electrons. The van der Waals surface area contributed by atoms with E-state index in [2.05, 4.69) is 15.1 Å². The Balaban J connectivity index is 2.04. The van der Waals surface area contributed by atoms with Gasteiger partial charge in [-0.05, 0) is 18.6 Å². The van der Waals surface area contributed by atoms with Crippen molar-refractivity contribution in [1.29, 1.82) is 0 Å². The lowest BCUT2D eigenvalue weighted by Gasteiger charge is -2.15. The van der Waals surface area contributed by atoms with Crippen LogP contribution in [0.4, 0.5) is 0 Å². The molecule has 0 amide bonds. The normalized spacial score (nSPS) is 18.3. The van der Waals surface area contributed by atoms with E-state index in [0.29, 0.717) is 24.6 Å². The van der Waals surface area contributed by atoms with Crippen molar-refractivity contribution >= 4 is 0 Å². The minimum atomic E-state index is -0.739. The van der Waals surface area contributed by atoms with E-state index in [9.17, 15) is 10.1 Å². The molecule has 0 radical (unpaired) electrons. The van der Waals surface area contributed by atoms with Crippen LogP contribution in [0.1, 0.15) is 24.7 Å². The van der Waals surface area contributed by atoms with Gasteiger partial charge in [-0.1, -0.05) is 0 Å². The number of nitro groups is 1. The van der Waals surface area contributed by atoms with Gasteiger partial charge in [-0.2, -0.15) is 5.10 Å². The number of nitrogens with zero attached hydrogens (tertiary/aromatic N) is 5. The van der Waals surface area contributed by atoms with Crippen LogP contribution >= 0.6 is 0 Å². The van der Waals surface area contributed by atoms with E-state index in [1.807, 2.05) is 6.07 Å². The van der Waals surface area contributed by atoms with Crippen LogP contribution in [-0.2, 0) is 6.54 Å². The summed E-state index contributed by atoms with van der Waals surface area (Å²) in [5.41, 5.74) is 0.779. The Labute approximate surface area is 103 Å². The summed E-state index contributed by atoms with van der Waals surface area (Å²) in [5, 5.41) is 15.3. The first-order valence-corrected chi connectivity index (χ1v) is 5.74. The molecule has 0 spiro atoms. The molecule has 3 rings (SSSR count). The van der Waals surface area contributed by atoms with Crippen molar-refractivity contribution in [2.24, 2.45) is 0 Å². The summed E-state index contributed by atoms with van der Waals surface area (Å²) in [6.45, 7) is 0.687. The van der Waals surface area contributed by atoms with Gasteiger partial charge in [0.1, 0.15) is 0 Å². The topological polar surface area (TPSA) is 86.7 Å². The fourth-order valence-corrected chi connectivity index (χ4v) is 2.15. The van der Waals surface area contributed by atoms with Gasteiger partial charge in [0.15, 0.2) is 5.82 Å². The van der Waals surface area contributed by atoms with E-state index in [1.165, 1.54) is 0 Å². The van der Waals surface area contributed by atoms with Crippen LogP contribution in [0.25, 0.3) is 11.4 Å². The molecule has 18 heavy (non-hydrogen) atoms. The third kappa shape index (κ3) is 1.73. The zero-order chi connectivity index (χ0) is 12.5. The van der Waals surface area contributed by atoms with Gasteiger partial charge in [-0.3, -0.25) is 15.1 Å². The van der Waals surface area contributed by atoms with Gasteiger partial charge in [-0.25, -0.2) is 9.67 Å². The number of fused-ring (bicyclic) bond motifs is 1. The molecule has 1 unspecified atom stereocenters.